The van der Waals surface area contributed by atoms with Crippen molar-refractivity contribution >= 4 is 17.6 Å². The molecule has 2 aliphatic rings. The smallest absolute Gasteiger partial charge is 0.318 e. The molecule has 1 amide bonds. The van der Waals surface area contributed by atoms with Crippen molar-refractivity contribution in [1.29, 1.82) is 0 Å². The van der Waals surface area contributed by atoms with Gasteiger partial charge in [0.1, 0.15) is 5.41 Å². The summed E-state index contributed by atoms with van der Waals surface area (Å²) in [6.07, 6.45) is 1.60. The van der Waals surface area contributed by atoms with Crippen LogP contribution in [0.25, 0.3) is 0 Å². The topological polar surface area (TPSA) is 66.8 Å². The highest BCUT2D eigenvalue weighted by Crippen LogP contribution is 2.42. The predicted molar refractivity (Wildman–Crippen MR) is 77.2 cm³/mol. The van der Waals surface area contributed by atoms with Gasteiger partial charge in [-0.1, -0.05) is 18.2 Å². The van der Waals surface area contributed by atoms with Crippen molar-refractivity contribution in [3.8, 4) is 0 Å². The molecular formula is C16H17NO4. The number of benzene rings is 1. The van der Waals surface area contributed by atoms with E-state index < -0.39 is 11.4 Å². The zero-order valence-corrected chi connectivity index (χ0v) is 12.0. The molecule has 0 aliphatic carbocycles. The number of hydrogen-bond donors (Lipinski definition) is 1. The number of carbonyl (C=O) groups excluding carboxylic acids is 1. The van der Waals surface area contributed by atoms with Crippen LogP contribution in [0, 0.1) is 19.3 Å². The van der Waals surface area contributed by atoms with Crippen LogP contribution < -0.4 is 4.90 Å². The molecule has 1 aromatic carbocycles. The van der Waals surface area contributed by atoms with Gasteiger partial charge in [-0.25, -0.2) is 0 Å². The average Bonchev–Trinajstić information content (AvgIpc) is 2.74. The number of hydrogen-bond acceptors (Lipinski definition) is 3. The zero-order valence-electron chi connectivity index (χ0n) is 12.0. The number of nitrogens with zero attached hydrogens (tertiary/aromatic N) is 1. The Morgan fingerprint density at radius 2 is 2.00 bits per heavy atom. The molecule has 0 aromatic heterocycles. The van der Waals surface area contributed by atoms with Gasteiger partial charge in [-0.05, 0) is 31.1 Å². The molecule has 1 fully saturated rings. The molecule has 0 spiro atoms. The van der Waals surface area contributed by atoms with E-state index in [1.165, 1.54) is 0 Å². The van der Waals surface area contributed by atoms with Crippen LogP contribution in [-0.4, -0.2) is 36.7 Å². The number of carbonyl (C=O) groups is 2. The highest BCUT2D eigenvalue weighted by Gasteiger charge is 2.55. The number of para-hydroxylation sites is 1. The lowest BCUT2D eigenvalue weighted by molar-refractivity contribution is -0.149. The van der Waals surface area contributed by atoms with E-state index in [0.29, 0.717) is 5.57 Å². The minimum Gasteiger partial charge on any atom is -0.480 e. The highest BCUT2D eigenvalue weighted by molar-refractivity contribution is 6.14. The first kappa shape index (κ1) is 13.8. The monoisotopic (exact) mass is 287 g/mol. The molecule has 21 heavy (non-hydrogen) atoms. The number of aryl methyl sites for hydroxylation is 2. The molecular weight excluding hydrogens is 270 g/mol. The van der Waals surface area contributed by atoms with Crippen molar-refractivity contribution in [3.63, 3.8) is 0 Å². The van der Waals surface area contributed by atoms with Crippen molar-refractivity contribution in [2.75, 3.05) is 24.7 Å². The van der Waals surface area contributed by atoms with E-state index in [2.05, 4.69) is 0 Å². The summed E-state index contributed by atoms with van der Waals surface area (Å²) >= 11 is 0. The number of amides is 1. The predicted octanol–water partition coefficient (Wildman–Crippen LogP) is 1.68. The lowest BCUT2D eigenvalue weighted by Gasteiger charge is -2.27. The summed E-state index contributed by atoms with van der Waals surface area (Å²) in [5.74, 6) is -1.23. The second kappa shape index (κ2) is 4.70. The van der Waals surface area contributed by atoms with E-state index in [4.69, 9.17) is 4.74 Å². The van der Waals surface area contributed by atoms with Crippen molar-refractivity contribution in [1.82, 2.24) is 0 Å². The van der Waals surface area contributed by atoms with Crippen molar-refractivity contribution in [2.45, 2.75) is 13.8 Å². The second-order valence-corrected chi connectivity index (χ2v) is 5.65. The average molecular weight is 287 g/mol. The van der Waals surface area contributed by atoms with E-state index in [-0.39, 0.29) is 25.7 Å². The molecule has 110 valence electrons. The molecule has 5 heteroatoms. The maximum atomic E-state index is 12.7. The lowest BCUT2D eigenvalue weighted by Crippen LogP contribution is -2.42. The molecule has 0 radical (unpaired) electrons. The van der Waals surface area contributed by atoms with Gasteiger partial charge in [-0.3, -0.25) is 9.59 Å². The van der Waals surface area contributed by atoms with Crippen molar-refractivity contribution in [2.24, 2.45) is 5.41 Å². The molecule has 0 bridgehead atoms. The van der Waals surface area contributed by atoms with Gasteiger partial charge >= 0.3 is 5.97 Å². The first-order chi connectivity index (χ1) is 9.97. The summed E-state index contributed by atoms with van der Waals surface area (Å²) in [6.45, 7) is 4.31. The van der Waals surface area contributed by atoms with Crippen LogP contribution >= 0.6 is 0 Å². The number of ether oxygens (including phenoxy) is 1. The largest absolute Gasteiger partial charge is 0.480 e. The van der Waals surface area contributed by atoms with E-state index in [1.807, 2.05) is 32.0 Å². The van der Waals surface area contributed by atoms with Crippen LogP contribution in [0.15, 0.2) is 29.8 Å². The normalized spacial score (nSPS) is 24.8. The summed E-state index contributed by atoms with van der Waals surface area (Å²) < 4.78 is 5.30. The van der Waals surface area contributed by atoms with Gasteiger partial charge in [-0.2, -0.15) is 0 Å². The van der Waals surface area contributed by atoms with Gasteiger partial charge in [0.05, 0.1) is 13.2 Å². The van der Waals surface area contributed by atoms with Gasteiger partial charge < -0.3 is 14.7 Å². The summed E-state index contributed by atoms with van der Waals surface area (Å²) in [7, 11) is 0. The molecule has 1 N–H and O–H groups in total. The molecule has 2 aliphatic heterocycles. The first-order valence-corrected chi connectivity index (χ1v) is 6.87. The van der Waals surface area contributed by atoms with Crippen LogP contribution in [-0.2, 0) is 14.3 Å². The van der Waals surface area contributed by atoms with Crippen LogP contribution in [0.2, 0.25) is 0 Å². The van der Waals surface area contributed by atoms with Gasteiger partial charge in [0, 0.05) is 17.8 Å². The Hall–Kier alpha value is -2.14. The maximum Gasteiger partial charge on any atom is 0.318 e. The number of carboxylic acid groups (broad SMARTS) is 1. The van der Waals surface area contributed by atoms with Crippen LogP contribution in [0.1, 0.15) is 11.1 Å². The van der Waals surface area contributed by atoms with Crippen LogP contribution in [0.3, 0.4) is 0 Å². The van der Waals surface area contributed by atoms with Crippen LogP contribution in [0.4, 0.5) is 5.69 Å². The summed E-state index contributed by atoms with van der Waals surface area (Å²) in [4.78, 5) is 26.0. The standard InChI is InChI=1S/C16H17NO4/c1-10-4-3-5-11(2)13(10)17-8-16(15(19)20)9-21-7-6-12(16)14(17)18/h3-6H,7-9H2,1-2H3,(H,19,20). The quantitative estimate of drug-likeness (QED) is 0.898. The molecule has 1 atom stereocenters. The molecule has 1 aromatic rings. The Bertz CT molecular complexity index is 644. The molecule has 2 heterocycles. The lowest BCUT2D eigenvalue weighted by atomic mass is 9.82. The van der Waals surface area contributed by atoms with Crippen molar-refractivity contribution in [3.05, 3.63) is 41.0 Å². The van der Waals surface area contributed by atoms with Crippen molar-refractivity contribution < 1.29 is 19.4 Å². The Balaban J connectivity index is 2.12. The Morgan fingerprint density at radius 1 is 1.33 bits per heavy atom. The fourth-order valence-electron chi connectivity index (χ4n) is 3.22. The highest BCUT2D eigenvalue weighted by atomic mass is 16.5. The van der Waals surface area contributed by atoms with E-state index in [1.54, 1.807) is 11.0 Å². The Kier molecular flexibility index (Phi) is 3.10. The summed E-state index contributed by atoms with van der Waals surface area (Å²) in [6, 6.07) is 5.78. The van der Waals surface area contributed by atoms with Gasteiger partial charge in [0.15, 0.2) is 0 Å². The van der Waals surface area contributed by atoms with E-state index in [9.17, 15) is 14.7 Å². The van der Waals surface area contributed by atoms with Crippen LogP contribution in [0.5, 0.6) is 0 Å². The number of anilines is 1. The van der Waals surface area contributed by atoms with Gasteiger partial charge in [0.2, 0.25) is 0 Å². The minimum atomic E-state index is -1.25. The molecule has 0 saturated carbocycles. The van der Waals surface area contributed by atoms with E-state index >= 15 is 0 Å². The summed E-state index contributed by atoms with van der Waals surface area (Å²) in [5.41, 5.74) is 1.83. The molecule has 1 unspecified atom stereocenters. The molecule has 5 nitrogen and oxygen atoms in total. The fraction of sp³-hybridized carbons (Fsp3) is 0.375. The number of rotatable bonds is 2. The third kappa shape index (κ3) is 1.88. The maximum absolute atomic E-state index is 12.7. The number of fused-ring (bicyclic) bond motifs is 1. The number of aliphatic carboxylic acids is 1. The Labute approximate surface area is 122 Å². The number of carboxylic acids is 1. The fourth-order valence-corrected chi connectivity index (χ4v) is 3.22. The SMILES string of the molecule is Cc1cccc(C)c1N1CC2(C(=O)O)COCC=C2C1=O. The van der Waals surface area contributed by atoms with Gasteiger partial charge in [-0.15, -0.1) is 0 Å². The zero-order chi connectivity index (χ0) is 15.2. The first-order valence-electron chi connectivity index (χ1n) is 6.87. The summed E-state index contributed by atoms with van der Waals surface area (Å²) in [5, 5.41) is 9.62. The van der Waals surface area contributed by atoms with Gasteiger partial charge in [0.25, 0.3) is 5.91 Å². The minimum absolute atomic E-state index is 0.0430. The third-order valence-electron chi connectivity index (χ3n) is 4.29. The second-order valence-electron chi connectivity index (χ2n) is 5.65. The Morgan fingerprint density at radius 3 is 2.57 bits per heavy atom. The molecule has 1 saturated heterocycles. The third-order valence-corrected chi connectivity index (χ3v) is 4.29. The van der Waals surface area contributed by atoms with E-state index in [0.717, 1.165) is 16.8 Å². The molecule has 3 rings (SSSR count).